The van der Waals surface area contributed by atoms with E-state index in [0.717, 1.165) is 16.5 Å². The molecule has 134 valence electrons. The van der Waals surface area contributed by atoms with Crippen LogP contribution >= 0.6 is 23.2 Å². The van der Waals surface area contributed by atoms with E-state index in [1.165, 1.54) is 4.68 Å². The first kappa shape index (κ1) is 17.0. The second kappa shape index (κ2) is 6.73. The van der Waals surface area contributed by atoms with Gasteiger partial charge >= 0.3 is 0 Å². The Morgan fingerprint density at radius 2 is 2.08 bits per heavy atom. The van der Waals surface area contributed by atoms with Crippen LogP contribution in [0.1, 0.15) is 0 Å². The number of hydrogen-bond donors (Lipinski definition) is 3. The van der Waals surface area contributed by atoms with Crippen LogP contribution < -0.4 is 0 Å². The van der Waals surface area contributed by atoms with Crippen molar-refractivity contribution in [1.82, 2.24) is 29.8 Å². The van der Waals surface area contributed by atoms with Crippen LogP contribution in [0.3, 0.4) is 0 Å². The molecule has 0 radical (unpaired) electrons. The van der Waals surface area contributed by atoms with Gasteiger partial charge in [-0.25, -0.2) is 4.68 Å². The third-order valence-corrected chi connectivity index (χ3v) is 4.84. The SMILES string of the molecule is OCC(O)Cn1cc(-n2cc(-c3cn[nH]c3)c3ccc(Cl)c(Cl)c32)nn1. The van der Waals surface area contributed by atoms with Gasteiger partial charge in [-0.1, -0.05) is 34.5 Å². The number of nitrogens with zero attached hydrogens (tertiary/aromatic N) is 5. The van der Waals surface area contributed by atoms with Gasteiger partial charge in [-0.05, 0) is 6.07 Å². The summed E-state index contributed by atoms with van der Waals surface area (Å²) >= 11 is 12.7. The highest BCUT2D eigenvalue weighted by Crippen LogP contribution is 2.38. The number of aromatic amines is 1. The predicted molar refractivity (Wildman–Crippen MR) is 97.5 cm³/mol. The third-order valence-electron chi connectivity index (χ3n) is 4.05. The van der Waals surface area contributed by atoms with Crippen LogP contribution in [0, 0.1) is 0 Å². The smallest absolute Gasteiger partial charge is 0.179 e. The molecular weight excluding hydrogens is 379 g/mol. The summed E-state index contributed by atoms with van der Waals surface area (Å²) < 4.78 is 3.25. The normalized spacial score (nSPS) is 12.8. The zero-order chi connectivity index (χ0) is 18.3. The molecule has 0 bridgehead atoms. The van der Waals surface area contributed by atoms with E-state index in [0.29, 0.717) is 21.4 Å². The first-order valence-electron chi connectivity index (χ1n) is 7.76. The molecule has 0 saturated heterocycles. The van der Waals surface area contributed by atoms with Crippen molar-refractivity contribution in [2.24, 2.45) is 0 Å². The number of hydrogen-bond acceptors (Lipinski definition) is 5. The Balaban J connectivity index is 1.89. The lowest BCUT2D eigenvalue weighted by molar-refractivity contribution is 0.0778. The first-order valence-corrected chi connectivity index (χ1v) is 8.51. The second-order valence-electron chi connectivity index (χ2n) is 5.79. The maximum atomic E-state index is 9.58. The number of rotatable bonds is 5. The summed E-state index contributed by atoms with van der Waals surface area (Å²) in [6.45, 7) is -0.223. The maximum absolute atomic E-state index is 9.58. The number of aromatic nitrogens is 6. The number of benzene rings is 1. The Kier molecular flexibility index (Phi) is 4.41. The summed E-state index contributed by atoms with van der Waals surface area (Å²) in [6, 6.07) is 3.64. The van der Waals surface area contributed by atoms with Crippen molar-refractivity contribution in [2.45, 2.75) is 12.6 Å². The molecule has 4 aromatic rings. The summed E-state index contributed by atoms with van der Waals surface area (Å²) in [5.41, 5.74) is 2.51. The van der Waals surface area contributed by atoms with E-state index in [2.05, 4.69) is 20.5 Å². The maximum Gasteiger partial charge on any atom is 0.179 e. The minimum atomic E-state index is -0.912. The van der Waals surface area contributed by atoms with Gasteiger partial charge in [0, 0.05) is 28.9 Å². The molecule has 8 nitrogen and oxygen atoms in total. The van der Waals surface area contributed by atoms with Crippen LogP contribution in [0.15, 0.2) is 36.9 Å². The van der Waals surface area contributed by atoms with Gasteiger partial charge in [0.05, 0.1) is 47.2 Å². The lowest BCUT2D eigenvalue weighted by Gasteiger charge is -2.05. The van der Waals surface area contributed by atoms with Crippen LogP contribution in [0.2, 0.25) is 10.0 Å². The number of H-pyrrole nitrogens is 1. The molecule has 1 atom stereocenters. The summed E-state index contributed by atoms with van der Waals surface area (Å²) in [7, 11) is 0. The van der Waals surface area contributed by atoms with Crippen LogP contribution in [0.5, 0.6) is 0 Å². The molecule has 1 aromatic carbocycles. The average molecular weight is 393 g/mol. The lowest BCUT2D eigenvalue weighted by Crippen LogP contribution is -2.20. The summed E-state index contributed by atoms with van der Waals surface area (Å²) in [5, 5.41) is 35.2. The highest BCUT2D eigenvalue weighted by atomic mass is 35.5. The Morgan fingerprint density at radius 1 is 1.23 bits per heavy atom. The Bertz CT molecular complexity index is 1060. The topological polar surface area (TPSA) is 105 Å². The van der Waals surface area contributed by atoms with Crippen molar-refractivity contribution in [3.8, 4) is 16.9 Å². The molecule has 3 N–H and O–H groups in total. The number of nitrogens with one attached hydrogen (secondary N) is 1. The van der Waals surface area contributed by atoms with Gasteiger partial charge in [0.2, 0.25) is 0 Å². The van der Waals surface area contributed by atoms with Gasteiger partial charge in [0.1, 0.15) is 0 Å². The molecule has 0 fully saturated rings. The molecule has 0 aliphatic heterocycles. The van der Waals surface area contributed by atoms with Crippen LogP contribution in [0.4, 0.5) is 0 Å². The third kappa shape index (κ3) is 2.86. The lowest BCUT2D eigenvalue weighted by atomic mass is 10.1. The Morgan fingerprint density at radius 3 is 2.81 bits per heavy atom. The largest absolute Gasteiger partial charge is 0.394 e. The van der Waals surface area contributed by atoms with Crippen molar-refractivity contribution in [2.75, 3.05) is 6.61 Å². The van der Waals surface area contributed by atoms with Gasteiger partial charge in [0.15, 0.2) is 5.82 Å². The molecular formula is C16H14Cl2N6O2. The number of aliphatic hydroxyl groups is 2. The molecule has 3 aromatic heterocycles. The molecule has 0 aliphatic carbocycles. The molecule has 26 heavy (non-hydrogen) atoms. The van der Waals surface area contributed by atoms with E-state index >= 15 is 0 Å². The fourth-order valence-corrected chi connectivity index (χ4v) is 3.23. The van der Waals surface area contributed by atoms with Crippen LogP contribution in [-0.2, 0) is 6.54 Å². The highest BCUT2D eigenvalue weighted by Gasteiger charge is 2.18. The Hall–Kier alpha value is -2.39. The molecule has 0 amide bonds. The minimum absolute atomic E-state index is 0.131. The Labute approximate surface area is 157 Å². The van der Waals surface area contributed by atoms with Crippen LogP contribution in [-0.4, -0.2) is 52.7 Å². The standard InChI is InChI=1S/C16H14Cl2N6O2/c17-13-2-1-11-12(9-3-19-20-4-9)6-24(16(11)15(13)18)14-7-23(22-21-14)5-10(26)8-25/h1-4,6-7,10,25-26H,5,8H2,(H,19,20). The van der Waals surface area contributed by atoms with Crippen molar-refractivity contribution in [3.05, 3.63) is 47.0 Å². The van der Waals surface area contributed by atoms with Crippen molar-refractivity contribution in [3.63, 3.8) is 0 Å². The molecule has 0 aliphatic rings. The average Bonchev–Trinajstić information content (AvgIpc) is 3.36. The summed E-state index contributed by atoms with van der Waals surface area (Å²) in [6.07, 6.45) is 6.14. The quantitative estimate of drug-likeness (QED) is 0.483. The van der Waals surface area contributed by atoms with Crippen molar-refractivity contribution >= 4 is 34.1 Å². The molecule has 10 heteroatoms. The van der Waals surface area contributed by atoms with Crippen molar-refractivity contribution in [1.29, 1.82) is 0 Å². The minimum Gasteiger partial charge on any atom is -0.394 e. The van der Waals surface area contributed by atoms with Gasteiger partial charge in [-0.15, -0.1) is 5.10 Å². The van der Waals surface area contributed by atoms with E-state index in [4.69, 9.17) is 28.3 Å². The van der Waals surface area contributed by atoms with E-state index in [-0.39, 0.29) is 13.2 Å². The molecule has 0 spiro atoms. The van der Waals surface area contributed by atoms with Gasteiger partial charge in [-0.3, -0.25) is 9.67 Å². The van der Waals surface area contributed by atoms with Gasteiger partial charge in [0.25, 0.3) is 0 Å². The zero-order valence-corrected chi connectivity index (χ0v) is 14.9. The summed E-state index contributed by atoms with van der Waals surface area (Å²) in [4.78, 5) is 0. The van der Waals surface area contributed by atoms with Gasteiger partial charge < -0.3 is 10.2 Å². The molecule has 0 saturated carbocycles. The fourth-order valence-electron chi connectivity index (χ4n) is 2.83. The fraction of sp³-hybridized carbons (Fsp3) is 0.188. The monoisotopic (exact) mass is 392 g/mol. The molecule has 3 heterocycles. The number of aliphatic hydroxyl groups excluding tert-OH is 2. The summed E-state index contributed by atoms with van der Waals surface area (Å²) in [5.74, 6) is 0.513. The number of halogens is 2. The van der Waals surface area contributed by atoms with E-state index in [9.17, 15) is 5.11 Å². The van der Waals surface area contributed by atoms with E-state index in [1.54, 1.807) is 29.2 Å². The second-order valence-corrected chi connectivity index (χ2v) is 6.58. The van der Waals surface area contributed by atoms with Gasteiger partial charge in [-0.2, -0.15) is 5.10 Å². The molecule has 4 rings (SSSR count). The van der Waals surface area contributed by atoms with Crippen molar-refractivity contribution < 1.29 is 10.2 Å². The predicted octanol–water partition coefficient (Wildman–Crippen LogP) is 2.27. The van der Waals surface area contributed by atoms with E-state index in [1.807, 2.05) is 12.3 Å². The van der Waals surface area contributed by atoms with Crippen LogP contribution in [0.25, 0.3) is 27.8 Å². The molecule has 1 unspecified atom stereocenters. The van der Waals surface area contributed by atoms with E-state index < -0.39 is 6.10 Å². The zero-order valence-electron chi connectivity index (χ0n) is 13.3. The number of fused-ring (bicyclic) bond motifs is 1. The highest BCUT2D eigenvalue weighted by molar-refractivity contribution is 6.45. The first-order chi connectivity index (χ1) is 12.6.